The minimum Gasteiger partial charge on any atom is -0.480 e. The van der Waals surface area contributed by atoms with Gasteiger partial charge in [-0.1, -0.05) is 12.1 Å². The van der Waals surface area contributed by atoms with E-state index in [1.54, 1.807) is 13.8 Å². The number of aliphatic carboxylic acids is 1. The van der Waals surface area contributed by atoms with Crippen molar-refractivity contribution in [3.63, 3.8) is 0 Å². The lowest BCUT2D eigenvalue weighted by atomic mass is 10.0. The number of hydrogen-bond donors (Lipinski definition) is 5. The van der Waals surface area contributed by atoms with Crippen molar-refractivity contribution in [2.45, 2.75) is 49.6 Å². The minimum absolute atomic E-state index is 0.194. The van der Waals surface area contributed by atoms with Crippen molar-refractivity contribution in [3.05, 3.63) is 116 Å². The monoisotopic (exact) mass is 711 g/mol. The quantitative estimate of drug-likeness (QED) is 0.154. The Balaban J connectivity index is 1.28. The molecule has 5 rings (SSSR count). The average molecular weight is 712 g/mol. The first-order valence-electron chi connectivity index (χ1n) is 15.0. The summed E-state index contributed by atoms with van der Waals surface area (Å²) in [7, 11) is -2.96. The number of aliphatic hydroxyl groups is 1. The molecule has 0 spiro atoms. The molecule has 1 aliphatic rings. The van der Waals surface area contributed by atoms with Gasteiger partial charge in [-0.05, 0) is 74.7 Å². The normalized spacial score (nSPS) is 14.0. The zero-order valence-corrected chi connectivity index (χ0v) is 27.6. The minimum atomic E-state index is -4.48. The Morgan fingerprint density at radius 2 is 1.58 bits per heavy atom. The van der Waals surface area contributed by atoms with Gasteiger partial charge in [0, 0.05) is 36.5 Å². The van der Waals surface area contributed by atoms with E-state index in [0.717, 1.165) is 16.7 Å². The van der Waals surface area contributed by atoms with Crippen molar-refractivity contribution in [1.29, 1.82) is 0 Å². The molecule has 2 amide bonds. The van der Waals surface area contributed by atoms with Crippen LogP contribution in [-0.2, 0) is 33.1 Å². The topological polar surface area (TPSA) is 206 Å². The molecule has 1 atom stereocenters. The van der Waals surface area contributed by atoms with E-state index in [2.05, 4.69) is 10.6 Å². The van der Waals surface area contributed by atoms with Crippen molar-refractivity contribution >= 4 is 39.2 Å². The molecule has 0 aliphatic heterocycles. The number of hydrogen-bond acceptors (Lipinski definition) is 8. The molecule has 1 heterocycles. The van der Waals surface area contributed by atoms with Crippen LogP contribution in [0, 0.1) is 25.5 Å². The van der Waals surface area contributed by atoms with Crippen LogP contribution in [0.1, 0.15) is 40.0 Å². The summed E-state index contributed by atoms with van der Waals surface area (Å²) in [5, 5.41) is 24.2. The fourth-order valence-corrected chi connectivity index (χ4v) is 6.01. The maximum Gasteiger partial charge on any atom is 0.335 e. The van der Waals surface area contributed by atoms with Crippen LogP contribution >= 0.6 is 0 Å². The Morgan fingerprint density at radius 1 is 0.960 bits per heavy atom. The van der Waals surface area contributed by atoms with Crippen LogP contribution in [0.15, 0.2) is 75.1 Å². The predicted octanol–water partition coefficient (Wildman–Crippen LogP) is 2.12. The van der Waals surface area contributed by atoms with Crippen molar-refractivity contribution in [3.8, 4) is 5.69 Å². The van der Waals surface area contributed by atoms with Crippen molar-refractivity contribution in [1.82, 2.24) is 14.5 Å². The maximum atomic E-state index is 15.0. The van der Waals surface area contributed by atoms with Crippen LogP contribution in [-0.4, -0.2) is 57.2 Å². The molecule has 1 fully saturated rings. The van der Waals surface area contributed by atoms with Gasteiger partial charge < -0.3 is 25.4 Å². The largest absolute Gasteiger partial charge is 0.480 e. The van der Waals surface area contributed by atoms with Gasteiger partial charge in [0.1, 0.15) is 23.3 Å². The summed E-state index contributed by atoms with van der Waals surface area (Å²) >= 11 is 0. The number of amides is 2. The maximum absolute atomic E-state index is 15.0. The second kappa shape index (κ2) is 13.3. The molecule has 5 N–H and O–H groups in total. The third kappa shape index (κ3) is 7.18. The number of rotatable bonds is 11. The molecule has 3 aromatic carbocycles. The molecule has 0 radical (unpaired) electrons. The van der Waals surface area contributed by atoms with Crippen LogP contribution in [0.3, 0.4) is 0 Å². The molecule has 0 unspecified atom stereocenters. The van der Waals surface area contributed by atoms with E-state index >= 15 is 8.78 Å². The highest BCUT2D eigenvalue weighted by Crippen LogP contribution is 2.36. The molecule has 0 saturated heterocycles. The Hall–Kier alpha value is -5.68. The number of carbonyl (C=O) groups is 3. The van der Waals surface area contributed by atoms with Crippen molar-refractivity contribution in [2.24, 2.45) is 7.05 Å². The van der Waals surface area contributed by atoms with Gasteiger partial charge in [-0.15, -0.1) is 0 Å². The van der Waals surface area contributed by atoms with Gasteiger partial charge in [-0.2, -0.15) is 0 Å². The highest BCUT2D eigenvalue weighted by Gasteiger charge is 2.48. The average Bonchev–Trinajstić information content (AvgIpc) is 3.83. The highest BCUT2D eigenvalue weighted by molar-refractivity contribution is 7.92. The van der Waals surface area contributed by atoms with Crippen LogP contribution in [0.4, 0.5) is 20.2 Å². The van der Waals surface area contributed by atoms with Gasteiger partial charge >= 0.3 is 11.7 Å². The zero-order valence-electron chi connectivity index (χ0n) is 26.8. The van der Waals surface area contributed by atoms with Gasteiger partial charge in [-0.25, -0.2) is 31.4 Å². The lowest BCUT2D eigenvalue weighted by molar-refractivity contribution is -0.139. The van der Waals surface area contributed by atoms with E-state index in [1.807, 2.05) is 4.72 Å². The first kappa shape index (κ1) is 35.6. The number of anilines is 2. The van der Waals surface area contributed by atoms with Crippen LogP contribution in [0.2, 0.25) is 0 Å². The molecule has 14 nitrogen and oxygen atoms in total. The lowest BCUT2D eigenvalue weighted by Crippen LogP contribution is -2.42. The Labute approximate surface area is 283 Å². The third-order valence-electron chi connectivity index (χ3n) is 8.40. The number of carboxylic acid groups (broad SMARTS) is 1. The Morgan fingerprint density at radius 3 is 2.16 bits per heavy atom. The van der Waals surface area contributed by atoms with Crippen LogP contribution in [0.25, 0.3) is 5.69 Å². The van der Waals surface area contributed by atoms with E-state index in [0.29, 0.717) is 41.8 Å². The summed E-state index contributed by atoms with van der Waals surface area (Å²) < 4.78 is 59.9. The second-order valence-electron chi connectivity index (χ2n) is 11.9. The smallest absolute Gasteiger partial charge is 0.335 e. The summed E-state index contributed by atoms with van der Waals surface area (Å²) in [5.74, 6) is -6.12. The molecule has 1 saturated carbocycles. The fraction of sp³-hybridized carbons (Fsp3) is 0.242. The van der Waals surface area contributed by atoms with Crippen molar-refractivity contribution < 1.29 is 41.8 Å². The van der Waals surface area contributed by atoms with Gasteiger partial charge in [0.25, 0.3) is 27.4 Å². The summed E-state index contributed by atoms with van der Waals surface area (Å²) in [6, 6.07) is 9.64. The molecule has 0 bridgehead atoms. The van der Waals surface area contributed by atoms with E-state index in [9.17, 15) is 42.6 Å². The molecule has 17 heteroatoms. The number of aromatic nitrogens is 2. The molecule has 50 heavy (non-hydrogen) atoms. The number of carboxylic acids is 1. The first-order chi connectivity index (χ1) is 23.4. The SMILES string of the molecule is Cc1c(C)n(C)c(=O)n(-c2ccc(C[C@H](NC(=O)c3cc(F)c(NS(=O)(=O)c4ccc(NC(=O)C5(O)CC5)cc4)cc3F)C(=O)O)cc2)c1=O. The van der Waals surface area contributed by atoms with Gasteiger partial charge in [0.2, 0.25) is 0 Å². The molecular formula is C33H31F2N5O9S. The summed E-state index contributed by atoms with van der Waals surface area (Å²) in [6.07, 6.45) is 0.293. The number of benzene rings is 3. The molecule has 4 aromatic rings. The molecular weight excluding hydrogens is 680 g/mol. The van der Waals surface area contributed by atoms with E-state index in [-0.39, 0.29) is 22.7 Å². The fourth-order valence-electron chi connectivity index (χ4n) is 4.95. The third-order valence-corrected chi connectivity index (χ3v) is 9.78. The number of nitrogens with zero attached hydrogens (tertiary/aromatic N) is 2. The summed E-state index contributed by atoms with van der Waals surface area (Å²) in [4.78, 5) is 62.0. The number of carbonyl (C=O) groups excluding carboxylic acids is 2. The van der Waals surface area contributed by atoms with Gasteiger partial charge in [0.05, 0.1) is 21.8 Å². The van der Waals surface area contributed by atoms with E-state index < -0.39 is 73.6 Å². The predicted molar refractivity (Wildman–Crippen MR) is 176 cm³/mol. The number of halogens is 2. The Bertz CT molecular complexity index is 2230. The van der Waals surface area contributed by atoms with E-state index in [4.69, 9.17) is 0 Å². The first-order valence-corrected chi connectivity index (χ1v) is 16.5. The molecule has 1 aromatic heterocycles. The Kier molecular flexibility index (Phi) is 9.49. The zero-order chi connectivity index (χ0) is 36.7. The summed E-state index contributed by atoms with van der Waals surface area (Å²) in [5.41, 5.74) is -2.64. The second-order valence-corrected chi connectivity index (χ2v) is 13.5. The summed E-state index contributed by atoms with van der Waals surface area (Å²) in [6.45, 7) is 3.22. The van der Waals surface area contributed by atoms with Gasteiger partial charge in [0.15, 0.2) is 0 Å². The van der Waals surface area contributed by atoms with E-state index in [1.165, 1.54) is 48.0 Å². The number of nitrogens with one attached hydrogen (secondary N) is 3. The number of sulfonamides is 1. The van der Waals surface area contributed by atoms with Crippen molar-refractivity contribution in [2.75, 3.05) is 10.0 Å². The van der Waals surface area contributed by atoms with Crippen LogP contribution < -0.4 is 26.6 Å². The highest BCUT2D eigenvalue weighted by atomic mass is 32.2. The standard InChI is InChI=1S/C33H31F2N5O9S/c1-17-18(2)39(3)32(46)40(29(17)42)21-8-4-19(5-9-21)14-27(30(43)44)37-28(41)23-15-25(35)26(16-24(23)34)38-50(48,49)22-10-6-20(7-11-22)36-31(45)33(47)12-13-33/h4-11,15-16,27,38,47H,12-14H2,1-3H3,(H,36,45)(H,37,41)(H,43,44)/t27-/m0/s1. The molecule has 262 valence electrons. The van der Waals surface area contributed by atoms with Gasteiger partial charge in [-0.3, -0.25) is 19.1 Å². The van der Waals surface area contributed by atoms with Crippen LogP contribution in [0.5, 0.6) is 0 Å². The molecule has 1 aliphatic carbocycles. The lowest BCUT2D eigenvalue weighted by Gasteiger charge is -2.17.